The lowest BCUT2D eigenvalue weighted by Crippen LogP contribution is -2.44. The maximum atomic E-state index is 15.0. The number of carboxylic acid groups (broad SMARTS) is 1. The molecule has 1 unspecified atom stereocenters. The van der Waals surface area contributed by atoms with Crippen LogP contribution < -0.4 is 20.9 Å². The number of nitrogens with zero attached hydrogens (tertiary/aromatic N) is 4. The van der Waals surface area contributed by atoms with E-state index < -0.39 is 87.9 Å². The van der Waals surface area contributed by atoms with Crippen molar-refractivity contribution < 1.29 is 51.3 Å². The molecule has 2 aromatic carbocycles. The van der Waals surface area contributed by atoms with Crippen LogP contribution in [-0.2, 0) is 20.9 Å². The third kappa shape index (κ3) is 8.21. The fraction of sp³-hybridized carbons (Fsp3) is 0.226. The maximum absolute atomic E-state index is 15.0. The van der Waals surface area contributed by atoms with E-state index in [2.05, 4.69) is 20.4 Å². The molecule has 0 saturated carbocycles. The number of hydrogen-bond acceptors (Lipinski definition) is 8. The first-order chi connectivity index (χ1) is 23.2. The first-order valence-corrected chi connectivity index (χ1v) is 14.2. The summed E-state index contributed by atoms with van der Waals surface area (Å²) in [6.07, 6.45) is 1.41. The molecule has 3 amide bonds. The van der Waals surface area contributed by atoms with Gasteiger partial charge in [0.05, 0.1) is 13.7 Å². The van der Waals surface area contributed by atoms with Crippen molar-refractivity contribution in [3.8, 4) is 11.5 Å². The zero-order valence-corrected chi connectivity index (χ0v) is 26.0. The molecule has 0 radical (unpaired) electrons. The summed E-state index contributed by atoms with van der Waals surface area (Å²) in [6, 6.07) is 3.71. The average Bonchev–Trinajstić information content (AvgIpc) is 3.43. The van der Waals surface area contributed by atoms with Gasteiger partial charge in [0.25, 0.3) is 5.56 Å². The number of hydrogen-bond donors (Lipinski definition) is 3. The standard InChI is InChI=1S/C31H28F4N6O8/c1-39(2)24(42)9-5-4-7-20(37-30(45)48-3)28(43)36-21-8-6-12-40(29(21)44)15-23-38-25-26(41(23)31(46)47)18(34)14-19(35)27(25)49-22-11-10-16(32)13-17(22)33/h5-6,8-14,20H,4,7,15H2,1-3H3,(H,36,43)(H,37,45)(H,46,47)/b9-5+. The highest BCUT2D eigenvalue weighted by Gasteiger charge is 2.27. The number of amides is 3. The van der Waals surface area contributed by atoms with Crippen molar-refractivity contribution >= 4 is 40.7 Å². The van der Waals surface area contributed by atoms with Crippen molar-refractivity contribution in [2.24, 2.45) is 0 Å². The van der Waals surface area contributed by atoms with E-state index in [1.165, 1.54) is 35.4 Å². The topological polar surface area (TPSA) is 174 Å². The van der Waals surface area contributed by atoms with Gasteiger partial charge in [0.1, 0.15) is 34.4 Å². The molecule has 2 heterocycles. The van der Waals surface area contributed by atoms with Crippen LogP contribution in [0.3, 0.4) is 0 Å². The van der Waals surface area contributed by atoms with E-state index in [9.17, 15) is 42.3 Å². The molecular formula is C31H28F4N6O8. The van der Waals surface area contributed by atoms with Crippen LogP contribution in [0, 0.1) is 23.3 Å². The lowest BCUT2D eigenvalue weighted by atomic mass is 10.1. The van der Waals surface area contributed by atoms with Crippen LogP contribution >= 0.6 is 0 Å². The Morgan fingerprint density at radius 2 is 1.80 bits per heavy atom. The van der Waals surface area contributed by atoms with E-state index in [4.69, 9.17) is 4.74 Å². The van der Waals surface area contributed by atoms with Gasteiger partial charge in [0.2, 0.25) is 11.8 Å². The summed E-state index contributed by atoms with van der Waals surface area (Å²) in [7, 11) is 4.18. The second kappa shape index (κ2) is 15.1. The van der Waals surface area contributed by atoms with Crippen LogP contribution in [0.2, 0.25) is 0 Å². The molecule has 0 saturated heterocycles. The number of halogens is 4. The van der Waals surface area contributed by atoms with E-state index in [1.54, 1.807) is 14.1 Å². The number of anilines is 1. The SMILES string of the molecule is COC(=O)NC(CC/C=C/C(=O)N(C)C)C(=O)Nc1cccn(Cc2nc3c(Oc4ccc(F)cc4F)c(F)cc(F)c3n2C(=O)O)c1=O. The summed E-state index contributed by atoms with van der Waals surface area (Å²) >= 11 is 0. The summed E-state index contributed by atoms with van der Waals surface area (Å²) in [5.74, 6) is -8.15. The fourth-order valence-electron chi connectivity index (χ4n) is 4.48. The Kier molecular flexibility index (Phi) is 11.0. The first-order valence-electron chi connectivity index (χ1n) is 14.2. The summed E-state index contributed by atoms with van der Waals surface area (Å²) in [5, 5.41) is 14.6. The number of carbonyl (C=O) groups is 4. The monoisotopic (exact) mass is 688 g/mol. The lowest BCUT2D eigenvalue weighted by molar-refractivity contribution is -0.123. The van der Waals surface area contributed by atoms with Crippen molar-refractivity contribution in [3.63, 3.8) is 0 Å². The van der Waals surface area contributed by atoms with Crippen LogP contribution in [0.15, 0.2) is 59.5 Å². The van der Waals surface area contributed by atoms with Crippen molar-refractivity contribution in [2.75, 3.05) is 26.5 Å². The summed E-state index contributed by atoms with van der Waals surface area (Å²) in [4.78, 5) is 67.7. The molecular weight excluding hydrogens is 660 g/mol. The smallest absolute Gasteiger partial charge is 0.417 e. The van der Waals surface area contributed by atoms with Crippen molar-refractivity contribution in [1.29, 1.82) is 0 Å². The molecule has 0 bridgehead atoms. The fourth-order valence-corrected chi connectivity index (χ4v) is 4.48. The van der Waals surface area contributed by atoms with Crippen LogP contribution in [0.25, 0.3) is 11.0 Å². The largest absolute Gasteiger partial charge is 0.464 e. The van der Waals surface area contributed by atoms with E-state index in [-0.39, 0.29) is 24.4 Å². The first kappa shape index (κ1) is 35.7. The average molecular weight is 689 g/mol. The highest BCUT2D eigenvalue weighted by atomic mass is 19.1. The Bertz CT molecular complexity index is 2030. The molecule has 1 atom stereocenters. The highest BCUT2D eigenvalue weighted by molar-refractivity contribution is 5.96. The van der Waals surface area contributed by atoms with Gasteiger partial charge in [-0.2, -0.15) is 0 Å². The summed E-state index contributed by atoms with van der Waals surface area (Å²) in [6.45, 7) is -0.663. The van der Waals surface area contributed by atoms with Gasteiger partial charge in [-0.05, 0) is 43.2 Å². The molecule has 0 aliphatic carbocycles. The maximum Gasteiger partial charge on any atom is 0.417 e. The minimum absolute atomic E-state index is 0.00382. The Labute approximate surface area is 274 Å². The number of rotatable bonds is 11. The zero-order valence-electron chi connectivity index (χ0n) is 26.0. The van der Waals surface area contributed by atoms with Crippen LogP contribution in [0.4, 0.5) is 32.8 Å². The van der Waals surface area contributed by atoms with Gasteiger partial charge < -0.3 is 34.7 Å². The third-order valence-corrected chi connectivity index (χ3v) is 6.86. The number of benzene rings is 2. The quantitative estimate of drug-likeness (QED) is 0.154. The number of aromatic nitrogens is 3. The van der Waals surface area contributed by atoms with Gasteiger partial charge in [0, 0.05) is 32.4 Å². The molecule has 0 aliphatic heterocycles. The van der Waals surface area contributed by atoms with Crippen LogP contribution in [0.5, 0.6) is 11.5 Å². The van der Waals surface area contributed by atoms with Crippen LogP contribution in [0.1, 0.15) is 18.7 Å². The lowest BCUT2D eigenvalue weighted by Gasteiger charge is -2.17. The number of allylic oxidation sites excluding steroid dienone is 1. The number of fused-ring (bicyclic) bond motifs is 1. The minimum atomic E-state index is -1.78. The second-order valence-corrected chi connectivity index (χ2v) is 10.4. The van der Waals surface area contributed by atoms with Crippen molar-refractivity contribution in [2.45, 2.75) is 25.4 Å². The molecule has 0 spiro atoms. The predicted octanol–water partition coefficient (Wildman–Crippen LogP) is 4.21. The molecule has 3 N–H and O–H groups in total. The third-order valence-electron chi connectivity index (χ3n) is 6.86. The number of imidazole rings is 1. The molecule has 2 aromatic heterocycles. The number of carbonyl (C=O) groups excluding carboxylic acids is 3. The molecule has 14 nitrogen and oxygen atoms in total. The van der Waals surface area contributed by atoms with Crippen molar-refractivity contribution in [1.82, 2.24) is 24.3 Å². The number of methoxy groups -OCH3 is 1. The molecule has 4 aromatic rings. The highest BCUT2D eigenvalue weighted by Crippen LogP contribution is 2.36. The van der Waals surface area contributed by atoms with Gasteiger partial charge >= 0.3 is 12.2 Å². The van der Waals surface area contributed by atoms with Gasteiger partial charge in [0.15, 0.2) is 29.0 Å². The summed E-state index contributed by atoms with van der Waals surface area (Å²) < 4.78 is 68.6. The molecule has 258 valence electrons. The molecule has 4 rings (SSSR count). The van der Waals surface area contributed by atoms with E-state index in [1.807, 2.05) is 0 Å². The number of alkyl carbamates (subject to hydrolysis) is 1. The van der Waals surface area contributed by atoms with Gasteiger partial charge in [-0.25, -0.2) is 36.7 Å². The minimum Gasteiger partial charge on any atom is -0.464 e. The Balaban J connectivity index is 1.66. The zero-order chi connectivity index (χ0) is 36.0. The van der Waals surface area contributed by atoms with Crippen LogP contribution in [-0.4, -0.2) is 75.4 Å². The molecule has 0 aliphatic rings. The van der Waals surface area contributed by atoms with E-state index in [0.29, 0.717) is 16.7 Å². The molecule has 18 heteroatoms. The van der Waals surface area contributed by atoms with Gasteiger partial charge in [-0.15, -0.1) is 0 Å². The van der Waals surface area contributed by atoms with E-state index in [0.717, 1.165) is 23.8 Å². The number of likely N-dealkylation sites (N-methyl/N-ethyl adjacent to an activating group) is 1. The van der Waals surface area contributed by atoms with Gasteiger partial charge in [-0.1, -0.05) is 6.08 Å². The number of nitrogens with one attached hydrogen (secondary N) is 2. The molecule has 49 heavy (non-hydrogen) atoms. The normalized spacial score (nSPS) is 11.7. The predicted molar refractivity (Wildman–Crippen MR) is 164 cm³/mol. The molecule has 0 fully saturated rings. The van der Waals surface area contributed by atoms with Gasteiger partial charge in [-0.3, -0.25) is 14.4 Å². The Morgan fingerprint density at radius 1 is 1.06 bits per heavy atom. The number of ether oxygens (including phenoxy) is 2. The van der Waals surface area contributed by atoms with E-state index >= 15 is 4.39 Å². The number of pyridine rings is 1. The van der Waals surface area contributed by atoms with Crippen molar-refractivity contribution in [3.05, 3.63) is 94.2 Å². The Morgan fingerprint density at radius 3 is 2.45 bits per heavy atom. The Hall–Kier alpha value is -6.20. The second-order valence-electron chi connectivity index (χ2n) is 10.4. The summed E-state index contributed by atoms with van der Waals surface area (Å²) in [5.41, 5.74) is -2.66.